The molecule has 19 heavy (non-hydrogen) atoms. The summed E-state index contributed by atoms with van der Waals surface area (Å²) >= 11 is 0. The fourth-order valence-corrected chi connectivity index (χ4v) is 1.62. The van der Waals surface area contributed by atoms with Gasteiger partial charge >= 0.3 is 0 Å². The first kappa shape index (κ1) is 15.3. The molecule has 0 bridgehead atoms. The molecule has 5 heteroatoms. The Morgan fingerprint density at radius 2 is 2.05 bits per heavy atom. The summed E-state index contributed by atoms with van der Waals surface area (Å²) in [5.74, 6) is 0.867. The van der Waals surface area contributed by atoms with Gasteiger partial charge in [-0.15, -0.1) is 0 Å². The van der Waals surface area contributed by atoms with Gasteiger partial charge in [-0.1, -0.05) is 0 Å². The molecule has 0 aliphatic carbocycles. The maximum atomic E-state index is 11.5. The Morgan fingerprint density at radius 3 is 2.58 bits per heavy atom. The van der Waals surface area contributed by atoms with Gasteiger partial charge in [-0.25, -0.2) is 0 Å². The number of hydrogen-bond acceptors (Lipinski definition) is 4. The second kappa shape index (κ2) is 6.99. The highest BCUT2D eigenvalue weighted by atomic mass is 16.5. The van der Waals surface area contributed by atoms with Gasteiger partial charge in [0, 0.05) is 17.7 Å². The third-order valence-electron chi connectivity index (χ3n) is 2.48. The van der Waals surface area contributed by atoms with Crippen LogP contribution in [0.1, 0.15) is 32.4 Å². The summed E-state index contributed by atoms with van der Waals surface area (Å²) in [5, 5.41) is 12.4. The molecular formula is C14H21NO4. The van der Waals surface area contributed by atoms with Gasteiger partial charge in [-0.3, -0.25) is 4.79 Å². The quantitative estimate of drug-likeness (QED) is 0.822. The highest BCUT2D eigenvalue weighted by Crippen LogP contribution is 2.29. The van der Waals surface area contributed by atoms with Crippen molar-refractivity contribution in [2.75, 3.05) is 13.7 Å². The Kier molecular flexibility index (Phi) is 5.63. The highest BCUT2D eigenvalue weighted by Gasteiger charge is 2.12. The lowest BCUT2D eigenvalue weighted by Crippen LogP contribution is -2.34. The van der Waals surface area contributed by atoms with E-state index in [2.05, 4.69) is 5.32 Å². The third-order valence-corrected chi connectivity index (χ3v) is 2.48. The lowest BCUT2D eigenvalue weighted by molar-refractivity contribution is -0.123. The summed E-state index contributed by atoms with van der Waals surface area (Å²) in [4.78, 5) is 11.5. The number of amides is 1. The Hall–Kier alpha value is -1.75. The highest BCUT2D eigenvalue weighted by molar-refractivity contribution is 5.77. The molecule has 2 N–H and O–H groups in total. The zero-order chi connectivity index (χ0) is 14.4. The normalized spacial score (nSPS) is 12.1. The molecule has 5 nitrogen and oxygen atoms in total. The van der Waals surface area contributed by atoms with Crippen molar-refractivity contribution in [3.05, 3.63) is 23.8 Å². The Balaban J connectivity index is 2.77. The zero-order valence-electron chi connectivity index (χ0n) is 11.8. The van der Waals surface area contributed by atoms with E-state index >= 15 is 0 Å². The van der Waals surface area contributed by atoms with E-state index in [-0.39, 0.29) is 18.6 Å². The van der Waals surface area contributed by atoms with Gasteiger partial charge in [0.1, 0.15) is 11.5 Å². The van der Waals surface area contributed by atoms with Gasteiger partial charge in [0.2, 0.25) is 0 Å². The fraction of sp³-hybridized carbons (Fsp3) is 0.500. The third kappa shape index (κ3) is 4.79. The Morgan fingerprint density at radius 1 is 1.37 bits per heavy atom. The predicted octanol–water partition coefficient (Wildman–Crippen LogP) is 1.65. The van der Waals surface area contributed by atoms with E-state index in [1.165, 1.54) is 0 Å². The van der Waals surface area contributed by atoms with E-state index < -0.39 is 6.10 Å². The van der Waals surface area contributed by atoms with Crippen LogP contribution >= 0.6 is 0 Å². The largest absolute Gasteiger partial charge is 0.497 e. The maximum Gasteiger partial charge on any atom is 0.258 e. The van der Waals surface area contributed by atoms with Crippen LogP contribution < -0.4 is 14.8 Å². The van der Waals surface area contributed by atoms with Crippen LogP contribution in [0.4, 0.5) is 0 Å². The molecule has 0 aliphatic heterocycles. The minimum atomic E-state index is -0.672. The van der Waals surface area contributed by atoms with Crippen LogP contribution in [0.5, 0.6) is 11.5 Å². The second-order valence-corrected chi connectivity index (χ2v) is 4.59. The Bertz CT molecular complexity index is 429. The molecule has 1 aromatic rings. The number of carbonyl (C=O) groups is 1. The summed E-state index contributed by atoms with van der Waals surface area (Å²) in [5.41, 5.74) is 0.623. The number of aliphatic hydroxyl groups excluding tert-OH is 1. The minimum absolute atomic E-state index is 0.0673. The molecule has 1 atom stereocenters. The average molecular weight is 267 g/mol. The van der Waals surface area contributed by atoms with Crippen LogP contribution in [0.2, 0.25) is 0 Å². The number of hydrogen-bond donors (Lipinski definition) is 2. The number of ether oxygens (including phenoxy) is 2. The van der Waals surface area contributed by atoms with Gasteiger partial charge in [0.25, 0.3) is 5.91 Å². The first-order valence-electron chi connectivity index (χ1n) is 6.22. The summed E-state index contributed by atoms with van der Waals surface area (Å²) in [7, 11) is 1.55. The minimum Gasteiger partial charge on any atom is -0.497 e. The number of aliphatic hydroxyl groups is 1. The predicted molar refractivity (Wildman–Crippen MR) is 72.4 cm³/mol. The van der Waals surface area contributed by atoms with Crippen LogP contribution in [0.25, 0.3) is 0 Å². The molecular weight excluding hydrogens is 246 g/mol. The van der Waals surface area contributed by atoms with E-state index in [0.717, 1.165) is 0 Å². The smallest absolute Gasteiger partial charge is 0.258 e. The van der Waals surface area contributed by atoms with E-state index in [1.807, 2.05) is 13.8 Å². The Labute approximate surface area is 113 Å². The van der Waals surface area contributed by atoms with Crippen molar-refractivity contribution in [2.24, 2.45) is 0 Å². The molecule has 1 amide bonds. The number of benzene rings is 1. The van der Waals surface area contributed by atoms with Gasteiger partial charge < -0.3 is 19.9 Å². The maximum absolute atomic E-state index is 11.5. The molecule has 106 valence electrons. The molecule has 0 heterocycles. The van der Waals surface area contributed by atoms with Gasteiger partial charge in [-0.05, 0) is 32.9 Å². The van der Waals surface area contributed by atoms with E-state index in [0.29, 0.717) is 17.1 Å². The molecule has 0 radical (unpaired) electrons. The molecule has 0 unspecified atom stereocenters. The van der Waals surface area contributed by atoms with Crippen molar-refractivity contribution >= 4 is 5.91 Å². The first-order chi connectivity index (χ1) is 8.93. The van der Waals surface area contributed by atoms with E-state index in [4.69, 9.17) is 9.47 Å². The molecule has 0 saturated carbocycles. The SMILES string of the molecule is COc1ccc([C@@H](C)O)c(OCC(=O)NC(C)C)c1. The second-order valence-electron chi connectivity index (χ2n) is 4.59. The fourth-order valence-electron chi connectivity index (χ4n) is 1.62. The van der Waals surface area contributed by atoms with Crippen LogP contribution in [0.3, 0.4) is 0 Å². The van der Waals surface area contributed by atoms with Crippen molar-refractivity contribution in [2.45, 2.75) is 32.9 Å². The van der Waals surface area contributed by atoms with Crippen molar-refractivity contribution in [3.63, 3.8) is 0 Å². The van der Waals surface area contributed by atoms with Gasteiger partial charge in [-0.2, -0.15) is 0 Å². The zero-order valence-corrected chi connectivity index (χ0v) is 11.8. The van der Waals surface area contributed by atoms with E-state index in [9.17, 15) is 9.90 Å². The molecule has 0 aliphatic rings. The first-order valence-corrected chi connectivity index (χ1v) is 6.22. The molecule has 0 saturated heterocycles. The summed E-state index contributed by atoms with van der Waals surface area (Å²) < 4.78 is 10.6. The summed E-state index contributed by atoms with van der Waals surface area (Å²) in [6.45, 7) is 5.31. The van der Waals surface area contributed by atoms with Crippen LogP contribution in [0.15, 0.2) is 18.2 Å². The van der Waals surface area contributed by atoms with Crippen LogP contribution in [-0.2, 0) is 4.79 Å². The number of methoxy groups -OCH3 is 1. The molecule has 1 aromatic carbocycles. The summed E-state index contributed by atoms with van der Waals surface area (Å²) in [6, 6.07) is 5.19. The van der Waals surface area contributed by atoms with Crippen molar-refractivity contribution < 1.29 is 19.4 Å². The monoisotopic (exact) mass is 267 g/mol. The average Bonchev–Trinajstić information content (AvgIpc) is 2.34. The number of rotatable bonds is 6. The van der Waals surface area contributed by atoms with Gasteiger partial charge in [0.05, 0.1) is 13.2 Å². The molecule has 0 spiro atoms. The van der Waals surface area contributed by atoms with Crippen molar-refractivity contribution in [1.29, 1.82) is 0 Å². The standard InChI is InChI=1S/C14H21NO4/c1-9(2)15-14(17)8-19-13-7-11(18-4)5-6-12(13)10(3)16/h5-7,9-10,16H,8H2,1-4H3,(H,15,17)/t10-/m1/s1. The van der Waals surface area contributed by atoms with E-state index in [1.54, 1.807) is 32.2 Å². The lowest BCUT2D eigenvalue weighted by Gasteiger charge is -2.15. The molecule has 0 aromatic heterocycles. The summed E-state index contributed by atoms with van der Waals surface area (Å²) in [6.07, 6.45) is -0.672. The van der Waals surface area contributed by atoms with Crippen molar-refractivity contribution in [3.8, 4) is 11.5 Å². The topological polar surface area (TPSA) is 67.8 Å². The number of carbonyl (C=O) groups excluding carboxylic acids is 1. The van der Waals surface area contributed by atoms with Gasteiger partial charge in [0.15, 0.2) is 6.61 Å². The van der Waals surface area contributed by atoms with Crippen molar-refractivity contribution in [1.82, 2.24) is 5.32 Å². The van der Waals surface area contributed by atoms with Crippen LogP contribution in [0, 0.1) is 0 Å². The van der Waals surface area contributed by atoms with Crippen LogP contribution in [-0.4, -0.2) is 30.8 Å². The number of nitrogens with one attached hydrogen (secondary N) is 1. The molecule has 0 fully saturated rings. The lowest BCUT2D eigenvalue weighted by atomic mass is 10.1. The molecule has 1 rings (SSSR count).